The number of amides is 1. The number of ether oxygens (including phenoxy) is 1. The van der Waals surface area contributed by atoms with E-state index in [1.807, 2.05) is 66.5 Å². The van der Waals surface area contributed by atoms with Crippen molar-refractivity contribution >= 4 is 11.9 Å². The molecule has 9 nitrogen and oxygen atoms in total. The largest absolute Gasteiger partial charge is 0.383 e. The third kappa shape index (κ3) is 7.46. The molecule has 0 radical (unpaired) electrons. The highest BCUT2D eigenvalue weighted by Crippen LogP contribution is 2.30. The first-order valence-electron chi connectivity index (χ1n) is 15.5. The number of carbonyl (C=O) groups is 1. The minimum atomic E-state index is -0.268. The second-order valence-electron chi connectivity index (χ2n) is 12.1. The number of allylic oxidation sites excluding steroid dienone is 1. The number of nitrogens with one attached hydrogen (secondary N) is 2. The van der Waals surface area contributed by atoms with Gasteiger partial charge >= 0.3 is 0 Å². The van der Waals surface area contributed by atoms with E-state index in [1.54, 1.807) is 13.2 Å². The molecule has 2 aliphatic rings. The number of likely N-dealkylation sites (tertiary alicyclic amines) is 1. The van der Waals surface area contributed by atoms with Crippen molar-refractivity contribution in [2.45, 2.75) is 51.1 Å². The van der Waals surface area contributed by atoms with Crippen molar-refractivity contribution in [1.29, 1.82) is 0 Å². The van der Waals surface area contributed by atoms with E-state index < -0.39 is 0 Å². The fourth-order valence-electron chi connectivity index (χ4n) is 5.98. The smallest absolute Gasteiger partial charge is 0.244 e. The molecule has 45 heavy (non-hydrogen) atoms. The molecule has 10 heteroatoms. The number of methoxy groups -OCH3 is 1. The van der Waals surface area contributed by atoms with E-state index in [0.29, 0.717) is 31.6 Å². The number of nitrogens with zero attached hydrogens (tertiary/aromatic N) is 5. The zero-order valence-electron chi connectivity index (χ0n) is 26.0. The summed E-state index contributed by atoms with van der Waals surface area (Å²) in [6.45, 7) is 6.87. The summed E-state index contributed by atoms with van der Waals surface area (Å²) in [5.74, 6) is 0.277. The lowest BCUT2D eigenvalue weighted by molar-refractivity contribution is -0.117. The monoisotopic (exact) mass is 609 g/mol. The third-order valence-electron chi connectivity index (χ3n) is 8.54. The molecule has 1 saturated heterocycles. The Morgan fingerprint density at radius 3 is 2.49 bits per heavy atom. The first kappa shape index (κ1) is 30.6. The average molecular weight is 610 g/mol. The van der Waals surface area contributed by atoms with Gasteiger partial charge in [-0.2, -0.15) is 5.10 Å². The van der Waals surface area contributed by atoms with Gasteiger partial charge in [-0.05, 0) is 62.1 Å². The maximum absolute atomic E-state index is 13.6. The number of benzene rings is 2. The molecule has 2 atom stereocenters. The van der Waals surface area contributed by atoms with Crippen molar-refractivity contribution in [2.75, 3.05) is 38.7 Å². The summed E-state index contributed by atoms with van der Waals surface area (Å²) in [5.41, 5.74) is 6.53. The van der Waals surface area contributed by atoms with Gasteiger partial charge in [0.15, 0.2) is 0 Å². The maximum Gasteiger partial charge on any atom is 0.244 e. The van der Waals surface area contributed by atoms with Crippen LogP contribution in [0.25, 0.3) is 16.9 Å². The lowest BCUT2D eigenvalue weighted by Crippen LogP contribution is -2.39. The van der Waals surface area contributed by atoms with E-state index >= 15 is 0 Å². The molecule has 1 aliphatic heterocycles. The second kappa shape index (κ2) is 13.7. The van der Waals surface area contributed by atoms with E-state index in [2.05, 4.69) is 32.4 Å². The number of halogens is 1. The van der Waals surface area contributed by atoms with Gasteiger partial charge in [0, 0.05) is 75.2 Å². The van der Waals surface area contributed by atoms with E-state index in [9.17, 15) is 9.18 Å². The number of rotatable bonds is 12. The molecule has 6 rings (SSSR count). The van der Waals surface area contributed by atoms with E-state index in [1.165, 1.54) is 12.1 Å². The molecule has 2 N–H and O–H groups in total. The Balaban J connectivity index is 1.21. The molecule has 0 spiro atoms. The SMILES string of the molecule is COCCN1C[C@@H](NC(=O)/C=C(/C)Cc2c(C)c(-c3cnc(NC4CC4)nc3)nn2-c2ccccc2)[C@H](c2ccc(F)cc2)C1. The second-order valence-corrected chi connectivity index (χ2v) is 12.1. The van der Waals surface area contributed by atoms with Crippen LogP contribution in [0.2, 0.25) is 0 Å². The Morgan fingerprint density at radius 1 is 1.07 bits per heavy atom. The number of para-hydroxylation sites is 1. The normalized spacial score (nSPS) is 18.7. The maximum atomic E-state index is 13.6. The average Bonchev–Trinajstić information content (AvgIpc) is 3.69. The van der Waals surface area contributed by atoms with Crippen molar-refractivity contribution < 1.29 is 13.9 Å². The zero-order chi connectivity index (χ0) is 31.3. The molecule has 0 unspecified atom stereocenters. The summed E-state index contributed by atoms with van der Waals surface area (Å²) < 4.78 is 20.9. The fraction of sp³-hybridized carbons (Fsp3) is 0.371. The van der Waals surface area contributed by atoms with E-state index in [-0.39, 0.29) is 23.7 Å². The van der Waals surface area contributed by atoms with Gasteiger partial charge in [-0.15, -0.1) is 0 Å². The topological polar surface area (TPSA) is 97.2 Å². The Morgan fingerprint density at radius 2 is 1.80 bits per heavy atom. The first-order valence-corrected chi connectivity index (χ1v) is 15.5. The van der Waals surface area contributed by atoms with Crippen LogP contribution in [0.1, 0.15) is 42.5 Å². The van der Waals surface area contributed by atoms with Crippen LogP contribution in [0.4, 0.5) is 10.3 Å². The van der Waals surface area contributed by atoms with Gasteiger partial charge in [0.2, 0.25) is 11.9 Å². The molecular weight excluding hydrogens is 569 g/mol. The quantitative estimate of drug-likeness (QED) is 0.217. The molecule has 1 saturated carbocycles. The summed E-state index contributed by atoms with van der Waals surface area (Å²) in [6, 6.07) is 17.0. The van der Waals surface area contributed by atoms with Gasteiger partial charge in [0.25, 0.3) is 0 Å². The lowest BCUT2D eigenvalue weighted by Gasteiger charge is -2.20. The fourth-order valence-corrected chi connectivity index (χ4v) is 5.98. The summed E-state index contributed by atoms with van der Waals surface area (Å²) in [4.78, 5) is 24.7. The molecule has 0 bridgehead atoms. The number of anilines is 1. The predicted octanol–water partition coefficient (Wildman–Crippen LogP) is 5.07. The Labute approximate surface area is 263 Å². The number of hydrogen-bond acceptors (Lipinski definition) is 7. The number of carbonyl (C=O) groups excluding carboxylic acids is 1. The standard InChI is InChI=1S/C35H40FN7O2/c1-23(18-33(44)40-31-22-42(15-16-45-3)21-30(31)25-9-11-27(36)12-10-25)17-32-24(2)34(41-43(32)29-7-5-4-6-8-29)26-19-37-35(38-20-26)39-28-13-14-28/h4-12,18-20,28,30-31H,13-17,21-22H2,1-3H3,(H,40,44)(H,37,38,39)/b23-18-/t30-,31+/m0/s1. The van der Waals surface area contributed by atoms with E-state index in [4.69, 9.17) is 9.84 Å². The van der Waals surface area contributed by atoms with Gasteiger partial charge in [-0.25, -0.2) is 19.0 Å². The van der Waals surface area contributed by atoms with E-state index in [0.717, 1.165) is 65.3 Å². The molecule has 2 fully saturated rings. The number of aromatic nitrogens is 4. The molecule has 234 valence electrons. The van der Waals surface area contributed by atoms with Crippen LogP contribution in [-0.2, 0) is 16.0 Å². The van der Waals surface area contributed by atoms with Crippen LogP contribution in [0.3, 0.4) is 0 Å². The highest BCUT2D eigenvalue weighted by Gasteiger charge is 2.34. The van der Waals surface area contributed by atoms with Crippen LogP contribution in [-0.4, -0.2) is 76.0 Å². The highest BCUT2D eigenvalue weighted by atomic mass is 19.1. The number of hydrogen-bond donors (Lipinski definition) is 2. The molecule has 4 aromatic rings. The van der Waals surface area contributed by atoms with Gasteiger partial charge in [-0.1, -0.05) is 35.9 Å². The molecule has 1 aliphatic carbocycles. The van der Waals surface area contributed by atoms with Crippen molar-refractivity contribution in [3.8, 4) is 16.9 Å². The minimum absolute atomic E-state index is 0.0532. The third-order valence-corrected chi connectivity index (χ3v) is 8.54. The van der Waals surface area contributed by atoms with Crippen LogP contribution in [0, 0.1) is 12.7 Å². The van der Waals surface area contributed by atoms with Gasteiger partial charge < -0.3 is 15.4 Å². The van der Waals surface area contributed by atoms with Crippen molar-refractivity contribution in [3.63, 3.8) is 0 Å². The van der Waals surface area contributed by atoms with Crippen LogP contribution in [0.15, 0.2) is 78.6 Å². The van der Waals surface area contributed by atoms with Gasteiger partial charge in [-0.3, -0.25) is 9.69 Å². The zero-order valence-corrected chi connectivity index (χ0v) is 26.0. The molecule has 2 aromatic carbocycles. The molecule has 3 heterocycles. The van der Waals surface area contributed by atoms with Crippen molar-refractivity contribution in [2.24, 2.45) is 0 Å². The predicted molar refractivity (Wildman–Crippen MR) is 173 cm³/mol. The van der Waals surface area contributed by atoms with Crippen molar-refractivity contribution in [3.05, 3.63) is 101 Å². The Hall–Kier alpha value is -4.41. The summed E-state index contributed by atoms with van der Waals surface area (Å²) in [6.07, 6.45) is 8.16. The van der Waals surface area contributed by atoms with Gasteiger partial charge in [0.05, 0.1) is 23.7 Å². The molecular formula is C35H40FN7O2. The highest BCUT2D eigenvalue weighted by molar-refractivity contribution is 5.88. The molecule has 2 aromatic heterocycles. The van der Waals surface area contributed by atoms with Crippen LogP contribution >= 0.6 is 0 Å². The Bertz CT molecular complexity index is 1630. The minimum Gasteiger partial charge on any atom is -0.383 e. The molecule has 1 amide bonds. The van der Waals surface area contributed by atoms with Crippen LogP contribution in [0.5, 0.6) is 0 Å². The Kier molecular flexibility index (Phi) is 9.32. The summed E-state index contributed by atoms with van der Waals surface area (Å²) in [5, 5.41) is 11.6. The van der Waals surface area contributed by atoms with Gasteiger partial charge in [0.1, 0.15) is 5.82 Å². The summed E-state index contributed by atoms with van der Waals surface area (Å²) in [7, 11) is 1.69. The van der Waals surface area contributed by atoms with Crippen molar-refractivity contribution in [1.82, 2.24) is 30.0 Å². The lowest BCUT2D eigenvalue weighted by atomic mass is 9.94. The van der Waals surface area contributed by atoms with Crippen LogP contribution < -0.4 is 10.6 Å². The first-order chi connectivity index (χ1) is 21.9. The summed E-state index contributed by atoms with van der Waals surface area (Å²) >= 11 is 0.